The molecule has 0 saturated carbocycles. The summed E-state index contributed by atoms with van der Waals surface area (Å²) in [5, 5.41) is 8.83. The van der Waals surface area contributed by atoms with Gasteiger partial charge in [0.15, 0.2) is 0 Å². The molecule has 0 amide bonds. The van der Waals surface area contributed by atoms with Crippen LogP contribution in [0, 0.1) is 17.1 Å². The first-order valence-corrected chi connectivity index (χ1v) is 5.37. The Hall–Kier alpha value is -1.92. The zero-order valence-corrected chi connectivity index (χ0v) is 9.58. The summed E-state index contributed by atoms with van der Waals surface area (Å²) < 4.78 is 13.1. The van der Waals surface area contributed by atoms with Crippen LogP contribution in [0.1, 0.15) is 5.69 Å². The predicted octanol–water partition coefficient (Wildman–Crippen LogP) is 3.61. The molecule has 0 spiro atoms. The molecule has 1 aromatic heterocycles. The molecule has 84 valence electrons. The van der Waals surface area contributed by atoms with Crippen LogP contribution in [0.5, 0.6) is 0 Å². The number of pyridine rings is 1. The van der Waals surface area contributed by atoms with E-state index in [1.54, 1.807) is 24.3 Å². The summed E-state index contributed by atoms with van der Waals surface area (Å²) in [6.07, 6.45) is 0.211. The lowest BCUT2D eigenvalue weighted by atomic mass is 10.1. The van der Waals surface area contributed by atoms with Crippen LogP contribution >= 0.6 is 11.6 Å². The molecule has 0 atom stereocenters. The van der Waals surface area contributed by atoms with Crippen LogP contribution in [0.3, 0.4) is 0 Å². The molecule has 4 heteroatoms. The van der Waals surface area contributed by atoms with Crippen molar-refractivity contribution in [1.82, 2.24) is 4.98 Å². The van der Waals surface area contributed by atoms with Gasteiger partial charge in [0.2, 0.25) is 0 Å². The maximum atomic E-state index is 13.1. The Morgan fingerprint density at radius 3 is 2.76 bits per heavy atom. The third-order valence-electron chi connectivity index (χ3n) is 2.30. The topological polar surface area (TPSA) is 36.7 Å². The number of nitrogens with zero attached hydrogens (tertiary/aromatic N) is 2. The molecule has 2 nitrogen and oxygen atoms in total. The third kappa shape index (κ3) is 2.61. The van der Waals surface area contributed by atoms with Gasteiger partial charge in [-0.2, -0.15) is 5.26 Å². The molecule has 0 saturated heterocycles. The second kappa shape index (κ2) is 4.94. The number of hydrogen-bond acceptors (Lipinski definition) is 2. The summed E-state index contributed by atoms with van der Waals surface area (Å²) in [5.74, 6) is -0.320. The Labute approximate surface area is 103 Å². The maximum Gasteiger partial charge on any atom is 0.137 e. The highest BCUT2D eigenvalue weighted by Gasteiger charge is 2.06. The number of halogens is 2. The molecule has 17 heavy (non-hydrogen) atoms. The molecule has 0 aliphatic rings. The second-order valence-corrected chi connectivity index (χ2v) is 3.84. The highest BCUT2D eigenvalue weighted by atomic mass is 35.5. The van der Waals surface area contributed by atoms with Crippen LogP contribution in [0.15, 0.2) is 36.4 Å². The number of aromatic nitrogens is 1. The third-order valence-corrected chi connectivity index (χ3v) is 2.59. The van der Waals surface area contributed by atoms with Crippen molar-refractivity contribution in [3.63, 3.8) is 0 Å². The van der Waals surface area contributed by atoms with E-state index in [-0.39, 0.29) is 17.4 Å². The average Bonchev–Trinajstić information content (AvgIpc) is 2.29. The van der Waals surface area contributed by atoms with Gasteiger partial charge < -0.3 is 0 Å². The second-order valence-electron chi connectivity index (χ2n) is 3.49. The molecule has 0 unspecified atom stereocenters. The minimum Gasteiger partial charge on any atom is -0.239 e. The van der Waals surface area contributed by atoms with Gasteiger partial charge in [0.1, 0.15) is 11.0 Å². The van der Waals surface area contributed by atoms with E-state index in [0.29, 0.717) is 16.8 Å². The summed E-state index contributed by atoms with van der Waals surface area (Å²) in [4.78, 5) is 4.09. The quantitative estimate of drug-likeness (QED) is 0.759. The van der Waals surface area contributed by atoms with Crippen molar-refractivity contribution in [3.8, 4) is 17.2 Å². The lowest BCUT2D eigenvalue weighted by molar-refractivity contribution is 0.628. The average molecular weight is 247 g/mol. The fourth-order valence-corrected chi connectivity index (χ4v) is 1.80. The first-order chi connectivity index (χ1) is 8.20. The van der Waals surface area contributed by atoms with E-state index in [0.717, 1.165) is 0 Å². The molecule has 0 radical (unpaired) electrons. The van der Waals surface area contributed by atoms with Crippen LogP contribution in [0.2, 0.25) is 5.15 Å². The Morgan fingerprint density at radius 1 is 1.29 bits per heavy atom. The minimum atomic E-state index is -0.320. The predicted molar refractivity (Wildman–Crippen MR) is 64.0 cm³/mol. The molecule has 2 rings (SSSR count). The monoisotopic (exact) mass is 246 g/mol. The summed E-state index contributed by atoms with van der Waals surface area (Å²) in [5.41, 5.74) is 1.94. The van der Waals surface area contributed by atoms with Gasteiger partial charge in [-0.25, -0.2) is 9.37 Å². The molecule has 0 N–H and O–H groups in total. The van der Waals surface area contributed by atoms with E-state index in [4.69, 9.17) is 16.9 Å². The van der Waals surface area contributed by atoms with Crippen LogP contribution < -0.4 is 0 Å². The molecule has 0 bridgehead atoms. The molecule has 0 fully saturated rings. The van der Waals surface area contributed by atoms with E-state index in [1.165, 1.54) is 12.1 Å². The van der Waals surface area contributed by atoms with Gasteiger partial charge in [-0.1, -0.05) is 23.7 Å². The molecule has 0 aliphatic carbocycles. The van der Waals surface area contributed by atoms with E-state index in [1.807, 2.05) is 6.07 Å². The van der Waals surface area contributed by atoms with Gasteiger partial charge in [0, 0.05) is 5.56 Å². The highest BCUT2D eigenvalue weighted by Crippen LogP contribution is 2.26. The van der Waals surface area contributed by atoms with E-state index >= 15 is 0 Å². The zero-order chi connectivity index (χ0) is 12.3. The van der Waals surface area contributed by atoms with Crippen molar-refractivity contribution in [3.05, 3.63) is 53.1 Å². The molecule has 2 aromatic rings. The molecular formula is C13H8ClFN2. The van der Waals surface area contributed by atoms with Crippen LogP contribution in [0.25, 0.3) is 11.1 Å². The van der Waals surface area contributed by atoms with Crippen molar-refractivity contribution in [2.75, 3.05) is 0 Å². The Morgan fingerprint density at radius 2 is 2.12 bits per heavy atom. The van der Waals surface area contributed by atoms with Gasteiger partial charge in [0.05, 0.1) is 18.2 Å². The van der Waals surface area contributed by atoms with E-state index in [2.05, 4.69) is 4.98 Å². The highest BCUT2D eigenvalue weighted by molar-refractivity contribution is 6.32. The molecule has 1 aromatic carbocycles. The standard InChI is InChI=1S/C13H8ClFN2/c14-13-12(5-4-11(17-13)6-7-16)9-2-1-3-10(15)8-9/h1-5,8H,6H2. The van der Waals surface area contributed by atoms with Crippen LogP contribution in [-0.4, -0.2) is 4.98 Å². The number of hydrogen-bond donors (Lipinski definition) is 0. The van der Waals surface area contributed by atoms with Crippen LogP contribution in [-0.2, 0) is 6.42 Å². The van der Waals surface area contributed by atoms with Crippen molar-refractivity contribution in [2.24, 2.45) is 0 Å². The van der Waals surface area contributed by atoms with Crippen LogP contribution in [0.4, 0.5) is 4.39 Å². The SMILES string of the molecule is N#CCc1ccc(-c2cccc(F)c2)c(Cl)n1. The Balaban J connectivity index is 2.44. The van der Waals surface area contributed by atoms with Crippen molar-refractivity contribution in [1.29, 1.82) is 5.26 Å². The lowest BCUT2D eigenvalue weighted by Gasteiger charge is -2.05. The molecule has 0 aliphatic heterocycles. The Kier molecular flexibility index (Phi) is 3.36. The Bertz CT molecular complexity index is 590. The summed E-state index contributed by atoms with van der Waals surface area (Å²) in [6.45, 7) is 0. The van der Waals surface area contributed by atoms with Crippen molar-refractivity contribution < 1.29 is 4.39 Å². The van der Waals surface area contributed by atoms with Gasteiger partial charge in [0.25, 0.3) is 0 Å². The molecule has 1 heterocycles. The normalized spacial score (nSPS) is 9.94. The summed E-state index contributed by atoms with van der Waals surface area (Å²) in [7, 11) is 0. The first-order valence-electron chi connectivity index (χ1n) is 4.99. The van der Waals surface area contributed by atoms with Gasteiger partial charge in [-0.05, 0) is 29.8 Å². The number of nitriles is 1. The number of rotatable bonds is 2. The van der Waals surface area contributed by atoms with E-state index < -0.39 is 0 Å². The fourth-order valence-electron chi connectivity index (χ4n) is 1.52. The van der Waals surface area contributed by atoms with Crippen molar-refractivity contribution in [2.45, 2.75) is 6.42 Å². The smallest absolute Gasteiger partial charge is 0.137 e. The minimum absolute atomic E-state index is 0.211. The lowest BCUT2D eigenvalue weighted by Crippen LogP contribution is -1.91. The first kappa shape index (κ1) is 11.6. The van der Waals surface area contributed by atoms with E-state index in [9.17, 15) is 4.39 Å². The zero-order valence-electron chi connectivity index (χ0n) is 8.82. The van der Waals surface area contributed by atoms with Gasteiger partial charge in [-0.15, -0.1) is 0 Å². The molecular weight excluding hydrogens is 239 g/mol. The number of benzene rings is 1. The largest absolute Gasteiger partial charge is 0.239 e. The summed E-state index contributed by atoms with van der Waals surface area (Å²) >= 11 is 6.01. The fraction of sp³-hybridized carbons (Fsp3) is 0.0769. The van der Waals surface area contributed by atoms with Crippen molar-refractivity contribution >= 4 is 11.6 Å². The van der Waals surface area contributed by atoms with Gasteiger partial charge in [-0.3, -0.25) is 0 Å². The maximum absolute atomic E-state index is 13.1. The van der Waals surface area contributed by atoms with Gasteiger partial charge >= 0.3 is 0 Å². The summed E-state index contributed by atoms with van der Waals surface area (Å²) in [6, 6.07) is 11.6.